The molecule has 0 aliphatic carbocycles. The van der Waals surface area contributed by atoms with Gasteiger partial charge in [-0.25, -0.2) is 0 Å². The van der Waals surface area contributed by atoms with E-state index in [1.165, 1.54) is 15.4 Å². The first kappa shape index (κ1) is 15.9. The summed E-state index contributed by atoms with van der Waals surface area (Å²) in [6.07, 6.45) is 0. The van der Waals surface area contributed by atoms with E-state index in [-0.39, 0.29) is 0 Å². The van der Waals surface area contributed by atoms with Gasteiger partial charge in [-0.05, 0) is 42.8 Å². The van der Waals surface area contributed by atoms with Gasteiger partial charge in [-0.15, -0.1) is 0 Å². The molecule has 0 radical (unpaired) electrons. The fourth-order valence-electron chi connectivity index (χ4n) is 2.81. The van der Waals surface area contributed by atoms with E-state index in [4.69, 9.17) is 11.6 Å². The van der Waals surface area contributed by atoms with Crippen LogP contribution >= 0.6 is 23.4 Å². The second-order valence-corrected chi connectivity index (χ2v) is 7.11. The summed E-state index contributed by atoms with van der Waals surface area (Å²) in [6, 6.07) is 17.2. The number of hydrogen-bond donors (Lipinski definition) is 1. The minimum atomic E-state index is 0.443. The standard InChI is InChI=1S/C18H21ClN2S/c1-14(21-12-10-20-11-13-21)17-4-2-3-5-18(17)22-16-8-6-15(19)7-9-16/h2-9,14,20H,10-13H2,1H3/t14-/m1/s1. The summed E-state index contributed by atoms with van der Waals surface area (Å²) in [6.45, 7) is 6.70. The molecule has 1 atom stereocenters. The SMILES string of the molecule is C[C@H](c1ccccc1Sc1ccc(Cl)cc1)N1CCNCC1. The Labute approximate surface area is 141 Å². The van der Waals surface area contributed by atoms with Gasteiger partial charge < -0.3 is 5.32 Å². The molecular formula is C18H21ClN2S. The van der Waals surface area contributed by atoms with Crippen molar-refractivity contribution in [2.75, 3.05) is 26.2 Å². The molecule has 2 aromatic rings. The number of rotatable bonds is 4. The highest BCUT2D eigenvalue weighted by atomic mass is 35.5. The molecule has 0 unspecified atom stereocenters. The van der Waals surface area contributed by atoms with Gasteiger partial charge in [0.1, 0.15) is 0 Å². The third-order valence-corrected chi connectivity index (χ3v) is 5.46. The van der Waals surface area contributed by atoms with Crippen LogP contribution in [-0.2, 0) is 0 Å². The predicted molar refractivity (Wildman–Crippen MR) is 94.9 cm³/mol. The van der Waals surface area contributed by atoms with E-state index in [0.717, 1.165) is 31.2 Å². The van der Waals surface area contributed by atoms with E-state index in [2.05, 4.69) is 53.5 Å². The van der Waals surface area contributed by atoms with Gasteiger partial charge in [-0.3, -0.25) is 4.90 Å². The van der Waals surface area contributed by atoms with Gasteiger partial charge in [-0.1, -0.05) is 41.6 Å². The van der Waals surface area contributed by atoms with Gasteiger partial charge in [0.2, 0.25) is 0 Å². The normalized spacial score (nSPS) is 17.4. The molecule has 3 rings (SSSR count). The van der Waals surface area contributed by atoms with E-state index in [9.17, 15) is 0 Å². The van der Waals surface area contributed by atoms with Crippen molar-refractivity contribution in [2.24, 2.45) is 0 Å². The Hall–Kier alpha value is -1.00. The Morgan fingerprint density at radius 2 is 1.73 bits per heavy atom. The molecule has 0 saturated carbocycles. The molecule has 2 aromatic carbocycles. The number of benzene rings is 2. The summed E-state index contributed by atoms with van der Waals surface area (Å²) in [5.41, 5.74) is 1.41. The van der Waals surface area contributed by atoms with Crippen LogP contribution in [0, 0.1) is 0 Å². The molecule has 1 N–H and O–H groups in total. The lowest BCUT2D eigenvalue weighted by Gasteiger charge is -2.33. The van der Waals surface area contributed by atoms with Crippen LogP contribution in [0.1, 0.15) is 18.5 Å². The largest absolute Gasteiger partial charge is 0.314 e. The quantitative estimate of drug-likeness (QED) is 0.890. The van der Waals surface area contributed by atoms with Crippen LogP contribution in [0.25, 0.3) is 0 Å². The predicted octanol–water partition coefficient (Wildman–Crippen LogP) is 4.46. The Kier molecular flexibility index (Phi) is 5.42. The Balaban J connectivity index is 1.81. The molecule has 1 aliphatic rings. The number of nitrogens with zero attached hydrogens (tertiary/aromatic N) is 1. The molecule has 1 aliphatic heterocycles. The van der Waals surface area contributed by atoms with Crippen molar-refractivity contribution in [2.45, 2.75) is 22.8 Å². The molecule has 0 aromatic heterocycles. The van der Waals surface area contributed by atoms with E-state index >= 15 is 0 Å². The van der Waals surface area contributed by atoms with Gasteiger partial charge >= 0.3 is 0 Å². The second-order valence-electron chi connectivity index (χ2n) is 5.56. The Morgan fingerprint density at radius 1 is 1.05 bits per heavy atom. The van der Waals surface area contributed by atoms with Crippen molar-refractivity contribution in [3.05, 3.63) is 59.1 Å². The monoisotopic (exact) mass is 332 g/mol. The topological polar surface area (TPSA) is 15.3 Å². The van der Waals surface area contributed by atoms with Crippen molar-refractivity contribution < 1.29 is 0 Å². The highest BCUT2D eigenvalue weighted by Gasteiger charge is 2.20. The summed E-state index contributed by atoms with van der Waals surface area (Å²) >= 11 is 7.79. The molecule has 0 amide bonds. The highest BCUT2D eigenvalue weighted by Crippen LogP contribution is 2.35. The molecule has 0 spiro atoms. The first-order chi connectivity index (χ1) is 10.7. The van der Waals surface area contributed by atoms with Crippen LogP contribution in [-0.4, -0.2) is 31.1 Å². The second kappa shape index (κ2) is 7.51. The lowest BCUT2D eigenvalue weighted by Crippen LogP contribution is -2.44. The maximum atomic E-state index is 5.98. The summed E-state index contributed by atoms with van der Waals surface area (Å²) in [5, 5.41) is 4.21. The molecule has 116 valence electrons. The molecule has 1 heterocycles. The first-order valence-corrected chi connectivity index (χ1v) is 8.90. The zero-order chi connectivity index (χ0) is 15.4. The third-order valence-electron chi connectivity index (χ3n) is 4.11. The van der Waals surface area contributed by atoms with Crippen LogP contribution in [0.3, 0.4) is 0 Å². The van der Waals surface area contributed by atoms with Gasteiger partial charge in [0.15, 0.2) is 0 Å². The molecule has 0 bridgehead atoms. The molecule has 4 heteroatoms. The smallest absolute Gasteiger partial charge is 0.0406 e. The molecular weight excluding hydrogens is 312 g/mol. The number of piperazine rings is 1. The lowest BCUT2D eigenvalue weighted by atomic mass is 10.1. The van der Waals surface area contributed by atoms with Crippen molar-refractivity contribution in [3.63, 3.8) is 0 Å². The third kappa shape index (κ3) is 3.85. The van der Waals surface area contributed by atoms with Gasteiger partial charge in [0.05, 0.1) is 0 Å². The summed E-state index contributed by atoms with van der Waals surface area (Å²) in [4.78, 5) is 5.11. The van der Waals surface area contributed by atoms with Gasteiger partial charge in [-0.2, -0.15) is 0 Å². The maximum absolute atomic E-state index is 5.98. The Morgan fingerprint density at radius 3 is 2.45 bits per heavy atom. The number of halogens is 1. The van der Waals surface area contributed by atoms with Crippen LogP contribution < -0.4 is 5.32 Å². The first-order valence-electron chi connectivity index (χ1n) is 7.71. The van der Waals surface area contributed by atoms with E-state index in [0.29, 0.717) is 6.04 Å². The number of nitrogens with one attached hydrogen (secondary N) is 1. The van der Waals surface area contributed by atoms with Crippen LogP contribution in [0.2, 0.25) is 5.02 Å². The minimum absolute atomic E-state index is 0.443. The summed E-state index contributed by atoms with van der Waals surface area (Å²) in [7, 11) is 0. The maximum Gasteiger partial charge on any atom is 0.0406 e. The van der Waals surface area contributed by atoms with E-state index < -0.39 is 0 Å². The van der Waals surface area contributed by atoms with Crippen molar-refractivity contribution in [1.82, 2.24) is 10.2 Å². The highest BCUT2D eigenvalue weighted by molar-refractivity contribution is 7.99. The summed E-state index contributed by atoms with van der Waals surface area (Å²) < 4.78 is 0. The number of hydrogen-bond acceptors (Lipinski definition) is 3. The molecule has 1 fully saturated rings. The van der Waals surface area contributed by atoms with Crippen molar-refractivity contribution >= 4 is 23.4 Å². The fourth-order valence-corrected chi connectivity index (χ4v) is 3.97. The lowest BCUT2D eigenvalue weighted by molar-refractivity contribution is 0.184. The molecule has 1 saturated heterocycles. The average Bonchev–Trinajstić information content (AvgIpc) is 2.58. The minimum Gasteiger partial charge on any atom is -0.314 e. The molecule has 22 heavy (non-hydrogen) atoms. The van der Waals surface area contributed by atoms with Gasteiger partial charge in [0, 0.05) is 47.0 Å². The van der Waals surface area contributed by atoms with Crippen LogP contribution in [0.4, 0.5) is 0 Å². The average molecular weight is 333 g/mol. The molecule has 2 nitrogen and oxygen atoms in total. The zero-order valence-corrected chi connectivity index (χ0v) is 14.3. The fraction of sp³-hybridized carbons (Fsp3) is 0.333. The van der Waals surface area contributed by atoms with Crippen molar-refractivity contribution in [3.8, 4) is 0 Å². The van der Waals surface area contributed by atoms with E-state index in [1.54, 1.807) is 0 Å². The van der Waals surface area contributed by atoms with Gasteiger partial charge in [0.25, 0.3) is 0 Å². The van der Waals surface area contributed by atoms with Crippen molar-refractivity contribution in [1.29, 1.82) is 0 Å². The zero-order valence-electron chi connectivity index (χ0n) is 12.8. The van der Waals surface area contributed by atoms with Crippen LogP contribution in [0.15, 0.2) is 58.3 Å². The summed E-state index contributed by atoms with van der Waals surface area (Å²) in [5.74, 6) is 0. The van der Waals surface area contributed by atoms with Crippen LogP contribution in [0.5, 0.6) is 0 Å². The van der Waals surface area contributed by atoms with E-state index in [1.807, 2.05) is 23.9 Å². The Bertz CT molecular complexity index is 609.